The summed E-state index contributed by atoms with van der Waals surface area (Å²) in [5, 5.41) is 4.35. The first-order valence-electron chi connectivity index (χ1n) is 6.28. The minimum absolute atomic E-state index is 0.414. The van der Waals surface area contributed by atoms with Gasteiger partial charge in [-0.25, -0.2) is 0 Å². The summed E-state index contributed by atoms with van der Waals surface area (Å²) in [5.41, 5.74) is 7.23. The van der Waals surface area contributed by atoms with Crippen molar-refractivity contribution in [3.63, 3.8) is 0 Å². The van der Waals surface area contributed by atoms with Gasteiger partial charge in [-0.3, -0.25) is 9.58 Å². The molecular weight excluding hydrogens is 200 g/mol. The third-order valence-corrected chi connectivity index (χ3v) is 3.26. The van der Waals surface area contributed by atoms with Crippen LogP contribution in [0, 0.1) is 0 Å². The molecule has 0 unspecified atom stereocenters. The first-order valence-corrected chi connectivity index (χ1v) is 6.28. The molecule has 2 N–H and O–H groups in total. The zero-order chi connectivity index (χ0) is 11.4. The Morgan fingerprint density at radius 3 is 2.88 bits per heavy atom. The average molecular weight is 222 g/mol. The summed E-state index contributed by atoms with van der Waals surface area (Å²) in [4.78, 5) is 2.48. The lowest BCUT2D eigenvalue weighted by Crippen LogP contribution is -2.39. The van der Waals surface area contributed by atoms with Crippen LogP contribution in [0.3, 0.4) is 0 Å². The number of nitrogens with two attached hydrogens (primary N) is 1. The number of hydrogen-bond acceptors (Lipinski definition) is 3. The van der Waals surface area contributed by atoms with Gasteiger partial charge < -0.3 is 5.73 Å². The first-order chi connectivity index (χ1) is 7.79. The lowest BCUT2D eigenvalue weighted by atomic mass is 10.1. The second-order valence-corrected chi connectivity index (χ2v) is 4.66. The molecule has 0 atom stereocenters. The Labute approximate surface area is 97.4 Å². The highest BCUT2D eigenvalue weighted by Crippen LogP contribution is 2.12. The van der Waals surface area contributed by atoms with Gasteiger partial charge in [0.2, 0.25) is 0 Å². The van der Waals surface area contributed by atoms with Gasteiger partial charge in [0, 0.05) is 38.4 Å². The van der Waals surface area contributed by atoms with E-state index in [1.165, 1.54) is 5.69 Å². The molecule has 4 heteroatoms. The van der Waals surface area contributed by atoms with Crippen molar-refractivity contribution in [2.24, 2.45) is 5.73 Å². The molecule has 2 heterocycles. The van der Waals surface area contributed by atoms with Gasteiger partial charge >= 0.3 is 0 Å². The largest absolute Gasteiger partial charge is 0.328 e. The molecule has 0 bridgehead atoms. The van der Waals surface area contributed by atoms with Gasteiger partial charge in [-0.2, -0.15) is 5.10 Å². The Kier molecular flexibility index (Phi) is 3.96. The molecule has 1 saturated heterocycles. The summed E-state index contributed by atoms with van der Waals surface area (Å²) in [5.74, 6) is 0. The monoisotopic (exact) mass is 222 g/mol. The Morgan fingerprint density at radius 2 is 2.19 bits per heavy atom. The third kappa shape index (κ3) is 2.83. The van der Waals surface area contributed by atoms with Gasteiger partial charge in [-0.15, -0.1) is 0 Å². The van der Waals surface area contributed by atoms with Crippen LogP contribution in [-0.4, -0.2) is 33.8 Å². The van der Waals surface area contributed by atoms with E-state index in [9.17, 15) is 0 Å². The van der Waals surface area contributed by atoms with E-state index in [0.717, 1.165) is 45.4 Å². The molecule has 0 spiro atoms. The van der Waals surface area contributed by atoms with Crippen molar-refractivity contribution < 1.29 is 0 Å². The zero-order valence-corrected chi connectivity index (χ0v) is 10.1. The summed E-state index contributed by atoms with van der Waals surface area (Å²) in [6.07, 6.45) is 5.30. The van der Waals surface area contributed by atoms with Crippen LogP contribution in [0.4, 0.5) is 0 Å². The fraction of sp³-hybridized carbons (Fsp3) is 0.750. The molecule has 1 aliphatic heterocycles. The zero-order valence-electron chi connectivity index (χ0n) is 10.1. The second kappa shape index (κ2) is 5.46. The van der Waals surface area contributed by atoms with Crippen LogP contribution in [0.5, 0.6) is 0 Å². The number of aromatic nitrogens is 2. The number of piperidine rings is 1. The maximum Gasteiger partial charge on any atom is 0.0524 e. The predicted molar refractivity (Wildman–Crippen MR) is 65.0 cm³/mol. The van der Waals surface area contributed by atoms with E-state index in [4.69, 9.17) is 5.73 Å². The predicted octanol–water partition coefficient (Wildman–Crippen LogP) is 1.22. The number of nitrogens with zero attached hydrogens (tertiary/aromatic N) is 3. The van der Waals surface area contributed by atoms with Crippen LogP contribution in [0.2, 0.25) is 0 Å². The SMILES string of the molecule is CCCn1nccc1CN1CCC(N)CC1. The van der Waals surface area contributed by atoms with E-state index in [0.29, 0.717) is 6.04 Å². The smallest absolute Gasteiger partial charge is 0.0524 e. The van der Waals surface area contributed by atoms with E-state index in [2.05, 4.69) is 27.7 Å². The molecular formula is C12H22N4. The quantitative estimate of drug-likeness (QED) is 0.833. The normalized spacial score (nSPS) is 19.1. The van der Waals surface area contributed by atoms with E-state index in [1.54, 1.807) is 0 Å². The fourth-order valence-corrected chi connectivity index (χ4v) is 2.25. The molecule has 0 radical (unpaired) electrons. The van der Waals surface area contributed by atoms with Gasteiger partial charge in [0.25, 0.3) is 0 Å². The summed E-state index contributed by atoms with van der Waals surface area (Å²) in [7, 11) is 0. The average Bonchev–Trinajstić information content (AvgIpc) is 2.70. The van der Waals surface area contributed by atoms with E-state index >= 15 is 0 Å². The van der Waals surface area contributed by atoms with Crippen LogP contribution in [0.1, 0.15) is 31.9 Å². The van der Waals surface area contributed by atoms with Crippen molar-refractivity contribution in [2.75, 3.05) is 13.1 Å². The maximum atomic E-state index is 5.90. The summed E-state index contributed by atoms with van der Waals surface area (Å²) < 4.78 is 2.12. The molecule has 90 valence electrons. The molecule has 0 amide bonds. The van der Waals surface area contributed by atoms with Crippen LogP contribution in [0.15, 0.2) is 12.3 Å². The molecule has 0 aromatic carbocycles. The fourth-order valence-electron chi connectivity index (χ4n) is 2.25. The maximum absolute atomic E-state index is 5.90. The number of likely N-dealkylation sites (tertiary alicyclic amines) is 1. The van der Waals surface area contributed by atoms with Crippen molar-refractivity contribution in [3.8, 4) is 0 Å². The van der Waals surface area contributed by atoms with Crippen LogP contribution < -0.4 is 5.73 Å². The molecule has 1 aliphatic rings. The molecule has 0 aliphatic carbocycles. The van der Waals surface area contributed by atoms with Crippen molar-refractivity contribution in [2.45, 2.75) is 45.3 Å². The van der Waals surface area contributed by atoms with Gasteiger partial charge in [0.15, 0.2) is 0 Å². The lowest BCUT2D eigenvalue weighted by molar-refractivity contribution is 0.200. The minimum atomic E-state index is 0.414. The number of hydrogen-bond donors (Lipinski definition) is 1. The number of aryl methyl sites for hydroxylation is 1. The Morgan fingerprint density at radius 1 is 1.44 bits per heavy atom. The summed E-state index contributed by atoms with van der Waals surface area (Å²) >= 11 is 0. The number of rotatable bonds is 4. The van der Waals surface area contributed by atoms with Crippen molar-refractivity contribution in [1.82, 2.24) is 14.7 Å². The van der Waals surface area contributed by atoms with Gasteiger partial charge in [0.05, 0.1) is 5.69 Å². The van der Waals surface area contributed by atoms with E-state index in [-0.39, 0.29) is 0 Å². The summed E-state index contributed by atoms with van der Waals surface area (Å²) in [6, 6.07) is 2.54. The van der Waals surface area contributed by atoms with Gasteiger partial charge in [-0.05, 0) is 25.3 Å². The Balaban J connectivity index is 1.90. The van der Waals surface area contributed by atoms with Gasteiger partial charge in [-0.1, -0.05) is 6.92 Å². The Hall–Kier alpha value is -0.870. The first kappa shape index (κ1) is 11.6. The Bertz CT molecular complexity index is 313. The lowest BCUT2D eigenvalue weighted by Gasteiger charge is -2.30. The molecule has 1 fully saturated rings. The third-order valence-electron chi connectivity index (χ3n) is 3.26. The van der Waals surface area contributed by atoms with Crippen molar-refractivity contribution in [3.05, 3.63) is 18.0 Å². The van der Waals surface area contributed by atoms with Crippen LogP contribution >= 0.6 is 0 Å². The molecule has 1 aromatic heterocycles. The molecule has 16 heavy (non-hydrogen) atoms. The highest BCUT2D eigenvalue weighted by molar-refractivity contribution is 5.00. The highest BCUT2D eigenvalue weighted by Gasteiger charge is 2.17. The van der Waals surface area contributed by atoms with Gasteiger partial charge in [0.1, 0.15) is 0 Å². The second-order valence-electron chi connectivity index (χ2n) is 4.66. The van der Waals surface area contributed by atoms with Crippen molar-refractivity contribution in [1.29, 1.82) is 0 Å². The van der Waals surface area contributed by atoms with E-state index in [1.807, 2.05) is 6.20 Å². The molecule has 2 rings (SSSR count). The molecule has 1 aromatic rings. The highest BCUT2D eigenvalue weighted by atomic mass is 15.3. The topological polar surface area (TPSA) is 47.1 Å². The summed E-state index contributed by atoms with van der Waals surface area (Å²) in [6.45, 7) is 6.48. The van der Waals surface area contributed by atoms with Crippen LogP contribution in [0.25, 0.3) is 0 Å². The standard InChI is InChI=1S/C12H22N4/c1-2-7-16-12(3-6-14-16)10-15-8-4-11(13)5-9-15/h3,6,11H,2,4-5,7-10,13H2,1H3. The van der Waals surface area contributed by atoms with Crippen LogP contribution in [-0.2, 0) is 13.1 Å². The minimum Gasteiger partial charge on any atom is -0.328 e. The van der Waals surface area contributed by atoms with E-state index < -0.39 is 0 Å². The molecule has 0 saturated carbocycles. The van der Waals surface area contributed by atoms with Crippen molar-refractivity contribution >= 4 is 0 Å². The molecule has 4 nitrogen and oxygen atoms in total.